The third-order valence-electron chi connectivity index (χ3n) is 4.06. The van der Waals surface area contributed by atoms with E-state index in [-0.39, 0.29) is 0 Å². The lowest BCUT2D eigenvalue weighted by atomic mass is 10.3. The predicted molar refractivity (Wildman–Crippen MR) is 69.6 cm³/mol. The van der Waals surface area contributed by atoms with Gasteiger partial charge in [-0.3, -0.25) is 9.58 Å². The molecular weight excluding hydrogens is 240 g/mol. The molecule has 5 heteroatoms. The first-order valence-corrected chi connectivity index (χ1v) is 7.04. The van der Waals surface area contributed by atoms with E-state index >= 15 is 0 Å². The van der Waals surface area contributed by atoms with Crippen molar-refractivity contribution in [2.75, 3.05) is 13.1 Å². The summed E-state index contributed by atoms with van der Waals surface area (Å²) >= 11 is 0. The van der Waals surface area contributed by atoms with E-state index in [1.54, 1.807) is 0 Å². The van der Waals surface area contributed by atoms with Crippen molar-refractivity contribution in [3.05, 3.63) is 36.3 Å². The second kappa shape index (κ2) is 4.49. The van der Waals surface area contributed by atoms with Crippen molar-refractivity contribution in [2.45, 2.75) is 37.8 Å². The van der Waals surface area contributed by atoms with Gasteiger partial charge in [0, 0.05) is 31.4 Å². The first kappa shape index (κ1) is 11.2. The van der Waals surface area contributed by atoms with Crippen molar-refractivity contribution in [1.29, 1.82) is 0 Å². The van der Waals surface area contributed by atoms with E-state index in [0.29, 0.717) is 12.0 Å². The molecule has 1 aliphatic heterocycles. The number of likely N-dealkylation sites (tertiary alicyclic amines) is 1. The van der Waals surface area contributed by atoms with Gasteiger partial charge in [-0.25, -0.2) is 4.98 Å². The Labute approximate surface area is 112 Å². The smallest absolute Gasteiger partial charge is 0.208 e. The third kappa shape index (κ3) is 2.30. The first-order valence-electron chi connectivity index (χ1n) is 7.04. The van der Waals surface area contributed by atoms with Gasteiger partial charge in [0.2, 0.25) is 5.89 Å². The molecule has 1 atom stereocenters. The van der Waals surface area contributed by atoms with Crippen molar-refractivity contribution in [3.8, 4) is 0 Å². The zero-order valence-corrected chi connectivity index (χ0v) is 10.9. The van der Waals surface area contributed by atoms with Gasteiger partial charge < -0.3 is 4.42 Å². The molecule has 0 bridgehead atoms. The molecule has 3 heterocycles. The first-order chi connectivity index (χ1) is 9.38. The highest BCUT2D eigenvalue weighted by atomic mass is 16.4. The number of aromatic nitrogens is 3. The molecular formula is C14H18N4O. The second-order valence-electron chi connectivity index (χ2n) is 5.59. The molecule has 2 aromatic heterocycles. The lowest BCUT2D eigenvalue weighted by Crippen LogP contribution is -2.21. The zero-order valence-electron chi connectivity index (χ0n) is 10.9. The van der Waals surface area contributed by atoms with Crippen LogP contribution in [0, 0.1) is 0 Å². The number of hydrogen-bond donors (Lipinski definition) is 0. The fourth-order valence-corrected chi connectivity index (χ4v) is 2.81. The average molecular weight is 258 g/mol. The summed E-state index contributed by atoms with van der Waals surface area (Å²) < 4.78 is 7.88. The molecule has 2 aliphatic rings. The van der Waals surface area contributed by atoms with Crippen LogP contribution in [0.5, 0.6) is 0 Å². The quantitative estimate of drug-likeness (QED) is 0.843. The molecule has 1 saturated heterocycles. The molecule has 0 radical (unpaired) electrons. The Kier molecular flexibility index (Phi) is 2.65. The van der Waals surface area contributed by atoms with Gasteiger partial charge in [-0.15, -0.1) is 0 Å². The fraction of sp³-hybridized carbons (Fsp3) is 0.571. The Bertz CT molecular complexity index is 544. The van der Waals surface area contributed by atoms with Crippen LogP contribution in [0.25, 0.3) is 0 Å². The molecule has 0 spiro atoms. The van der Waals surface area contributed by atoms with Crippen LogP contribution < -0.4 is 0 Å². The number of oxazole rings is 1. The van der Waals surface area contributed by atoms with Crippen LogP contribution in [-0.4, -0.2) is 32.8 Å². The minimum atomic E-state index is 0.493. The molecule has 5 nitrogen and oxygen atoms in total. The van der Waals surface area contributed by atoms with E-state index in [9.17, 15) is 0 Å². The molecule has 2 aromatic rings. The predicted octanol–water partition coefficient (Wildman–Crippen LogP) is 2.20. The van der Waals surface area contributed by atoms with Gasteiger partial charge in [-0.05, 0) is 25.3 Å². The lowest BCUT2D eigenvalue weighted by Gasteiger charge is -2.14. The summed E-state index contributed by atoms with van der Waals surface area (Å²) in [6.45, 7) is 2.94. The van der Waals surface area contributed by atoms with Crippen LogP contribution in [0.3, 0.4) is 0 Å². The zero-order chi connectivity index (χ0) is 12.7. The maximum Gasteiger partial charge on any atom is 0.208 e. The summed E-state index contributed by atoms with van der Waals surface area (Å²) in [5, 5.41) is 4.33. The van der Waals surface area contributed by atoms with Gasteiger partial charge in [0.1, 0.15) is 5.76 Å². The highest BCUT2D eigenvalue weighted by Crippen LogP contribution is 2.40. The maximum atomic E-state index is 5.82. The minimum Gasteiger partial charge on any atom is -0.444 e. The lowest BCUT2D eigenvalue weighted by molar-refractivity contribution is 0.274. The minimum absolute atomic E-state index is 0.493. The van der Waals surface area contributed by atoms with Crippen LogP contribution in [0.15, 0.2) is 29.1 Å². The van der Waals surface area contributed by atoms with E-state index in [0.717, 1.165) is 37.7 Å². The Morgan fingerprint density at radius 3 is 3.05 bits per heavy atom. The van der Waals surface area contributed by atoms with Crippen LogP contribution in [0.4, 0.5) is 0 Å². The Balaban J connectivity index is 1.38. The second-order valence-corrected chi connectivity index (χ2v) is 5.59. The summed E-state index contributed by atoms with van der Waals surface area (Å²) in [4.78, 5) is 6.80. The molecule has 0 N–H and O–H groups in total. The van der Waals surface area contributed by atoms with E-state index in [4.69, 9.17) is 4.42 Å². The van der Waals surface area contributed by atoms with Crippen LogP contribution in [-0.2, 0) is 6.54 Å². The van der Waals surface area contributed by atoms with E-state index in [1.165, 1.54) is 12.8 Å². The molecule has 0 amide bonds. The Morgan fingerprint density at radius 2 is 2.26 bits per heavy atom. The van der Waals surface area contributed by atoms with Gasteiger partial charge >= 0.3 is 0 Å². The summed E-state index contributed by atoms with van der Waals surface area (Å²) in [5.74, 6) is 2.59. The largest absolute Gasteiger partial charge is 0.444 e. The monoisotopic (exact) mass is 258 g/mol. The molecule has 1 unspecified atom stereocenters. The Morgan fingerprint density at radius 1 is 1.32 bits per heavy atom. The van der Waals surface area contributed by atoms with Crippen molar-refractivity contribution in [2.24, 2.45) is 0 Å². The summed E-state index contributed by atoms with van der Waals surface area (Å²) in [5.41, 5.74) is 0. The van der Waals surface area contributed by atoms with E-state index in [1.807, 2.05) is 24.7 Å². The van der Waals surface area contributed by atoms with Gasteiger partial charge in [0.05, 0.1) is 18.8 Å². The van der Waals surface area contributed by atoms with Crippen LogP contribution in [0.2, 0.25) is 0 Å². The third-order valence-corrected chi connectivity index (χ3v) is 4.06. The van der Waals surface area contributed by atoms with Crippen molar-refractivity contribution < 1.29 is 4.42 Å². The highest BCUT2D eigenvalue weighted by molar-refractivity contribution is 5.08. The van der Waals surface area contributed by atoms with Crippen LogP contribution in [0.1, 0.15) is 42.9 Å². The number of rotatable bonds is 4. The van der Waals surface area contributed by atoms with Crippen molar-refractivity contribution in [1.82, 2.24) is 19.7 Å². The molecule has 0 aromatic carbocycles. The number of hydrogen-bond acceptors (Lipinski definition) is 4. The van der Waals surface area contributed by atoms with Gasteiger partial charge in [0.15, 0.2) is 0 Å². The average Bonchev–Trinajstić information content (AvgIpc) is 2.90. The van der Waals surface area contributed by atoms with Gasteiger partial charge in [-0.1, -0.05) is 0 Å². The van der Waals surface area contributed by atoms with Crippen LogP contribution >= 0.6 is 0 Å². The number of nitrogens with zero attached hydrogens (tertiary/aromatic N) is 4. The maximum absolute atomic E-state index is 5.82. The summed E-state index contributed by atoms with van der Waals surface area (Å²) in [7, 11) is 0. The molecule has 2 fully saturated rings. The van der Waals surface area contributed by atoms with Gasteiger partial charge in [0.25, 0.3) is 0 Å². The topological polar surface area (TPSA) is 47.1 Å². The molecule has 100 valence electrons. The fourth-order valence-electron chi connectivity index (χ4n) is 2.81. The van der Waals surface area contributed by atoms with E-state index in [2.05, 4.69) is 19.7 Å². The van der Waals surface area contributed by atoms with E-state index < -0.39 is 0 Å². The van der Waals surface area contributed by atoms with Gasteiger partial charge in [-0.2, -0.15) is 5.10 Å². The molecule has 1 saturated carbocycles. The molecule has 4 rings (SSSR count). The molecule has 19 heavy (non-hydrogen) atoms. The van der Waals surface area contributed by atoms with Crippen molar-refractivity contribution >= 4 is 0 Å². The summed E-state index contributed by atoms with van der Waals surface area (Å²) in [6.07, 6.45) is 9.48. The Hall–Kier alpha value is -1.62. The van der Waals surface area contributed by atoms with Crippen molar-refractivity contribution in [3.63, 3.8) is 0 Å². The highest BCUT2D eigenvalue weighted by Gasteiger charge is 2.29. The summed E-state index contributed by atoms with van der Waals surface area (Å²) in [6, 6.07) is 2.48. The molecule has 1 aliphatic carbocycles. The normalized spacial score (nSPS) is 24.1. The SMILES string of the molecule is c1cnn(C2CCN(Cc3ncc(C4CC4)o3)C2)c1. The standard InChI is InChI=1S/C14H18N4O/c1-5-16-18(6-1)12-4-7-17(9-12)10-14-15-8-13(19-14)11-2-3-11/h1,5-6,8,11-12H,2-4,7,9-10H2.